The Balaban J connectivity index is 1.29. The SMILES string of the molecule is CC(=O)C1=NN(c2ccc(Cl)cc2)C(c2ccc(OCC(=O)N3CCCCC3)cc2)N1c1ccc(N2CCOCC2)cc1. The Labute approximate surface area is 257 Å². The number of benzene rings is 3. The maximum Gasteiger partial charge on any atom is 0.260 e. The van der Waals surface area contributed by atoms with E-state index in [1.54, 1.807) is 0 Å². The van der Waals surface area contributed by atoms with Crippen molar-refractivity contribution in [1.29, 1.82) is 0 Å². The molecule has 3 aromatic carbocycles. The molecule has 1 unspecified atom stereocenters. The molecule has 0 saturated carbocycles. The van der Waals surface area contributed by atoms with Crippen molar-refractivity contribution in [2.24, 2.45) is 5.10 Å². The normalized spacial score (nSPS) is 18.9. The molecule has 6 rings (SSSR count). The second kappa shape index (κ2) is 13.1. The number of Topliss-reactive ketones (excluding diaryl/α,β-unsaturated/α-hetero) is 1. The van der Waals surface area contributed by atoms with Gasteiger partial charge in [-0.05, 0) is 85.5 Å². The zero-order valence-electron chi connectivity index (χ0n) is 24.3. The van der Waals surface area contributed by atoms with Crippen LogP contribution in [0.5, 0.6) is 5.75 Å². The molecule has 2 fully saturated rings. The number of amidine groups is 1. The highest BCUT2D eigenvalue weighted by molar-refractivity contribution is 6.44. The van der Waals surface area contributed by atoms with E-state index in [-0.39, 0.29) is 18.3 Å². The Kier molecular flexibility index (Phi) is 8.81. The molecule has 0 aliphatic carbocycles. The van der Waals surface area contributed by atoms with Gasteiger partial charge in [0.25, 0.3) is 5.91 Å². The molecule has 0 spiro atoms. The van der Waals surface area contributed by atoms with Gasteiger partial charge in [0.15, 0.2) is 24.4 Å². The van der Waals surface area contributed by atoms with Gasteiger partial charge in [-0.1, -0.05) is 23.7 Å². The maximum absolute atomic E-state index is 13.0. The summed E-state index contributed by atoms with van der Waals surface area (Å²) in [6, 6.07) is 23.3. The standard InChI is InChI=1S/C33H36ClN5O4/c1-24(40)32-35-39(29-9-7-26(34)8-10-29)33(38(32)28-13-11-27(12-14-28)36-19-21-42-22-20-36)25-5-15-30(16-6-25)43-23-31(41)37-17-3-2-4-18-37/h5-16,33H,2-4,17-23H2,1H3. The number of hydrazone groups is 1. The number of morpholine rings is 1. The molecule has 43 heavy (non-hydrogen) atoms. The molecule has 10 heteroatoms. The number of ether oxygens (including phenoxy) is 2. The predicted octanol–water partition coefficient (Wildman–Crippen LogP) is 5.50. The number of nitrogens with zero attached hydrogens (tertiary/aromatic N) is 5. The van der Waals surface area contributed by atoms with Crippen LogP contribution in [0.1, 0.15) is 37.9 Å². The zero-order chi connectivity index (χ0) is 29.8. The molecule has 0 radical (unpaired) electrons. The number of carbonyl (C=O) groups is 2. The van der Waals surface area contributed by atoms with Crippen molar-refractivity contribution in [3.8, 4) is 5.75 Å². The number of carbonyl (C=O) groups excluding carboxylic acids is 2. The third kappa shape index (κ3) is 6.48. The van der Waals surface area contributed by atoms with Crippen LogP contribution in [0.25, 0.3) is 0 Å². The van der Waals surface area contributed by atoms with Gasteiger partial charge in [-0.2, -0.15) is 0 Å². The van der Waals surface area contributed by atoms with Crippen LogP contribution in [0.2, 0.25) is 5.02 Å². The van der Waals surface area contributed by atoms with E-state index < -0.39 is 6.17 Å². The van der Waals surface area contributed by atoms with Crippen LogP contribution in [0.4, 0.5) is 17.1 Å². The summed E-state index contributed by atoms with van der Waals surface area (Å²) in [6.45, 7) is 6.24. The van der Waals surface area contributed by atoms with Gasteiger partial charge < -0.3 is 19.3 Å². The Morgan fingerprint density at radius 2 is 1.47 bits per heavy atom. The monoisotopic (exact) mass is 601 g/mol. The van der Waals surface area contributed by atoms with E-state index in [1.165, 1.54) is 13.3 Å². The molecule has 3 aliphatic heterocycles. The summed E-state index contributed by atoms with van der Waals surface area (Å²) in [4.78, 5) is 31.7. The summed E-state index contributed by atoms with van der Waals surface area (Å²) < 4.78 is 11.4. The Hall–Kier alpha value is -4.08. The minimum absolute atomic E-state index is 0.0128. The quantitative estimate of drug-likeness (QED) is 0.338. The highest BCUT2D eigenvalue weighted by Gasteiger charge is 2.39. The summed E-state index contributed by atoms with van der Waals surface area (Å²) in [5.74, 6) is 0.820. The van der Waals surface area contributed by atoms with Crippen molar-refractivity contribution in [2.45, 2.75) is 32.4 Å². The summed E-state index contributed by atoms with van der Waals surface area (Å²) in [5.41, 5.74) is 3.66. The van der Waals surface area contributed by atoms with Gasteiger partial charge in [0.05, 0.1) is 18.9 Å². The molecule has 0 bridgehead atoms. The lowest BCUT2D eigenvalue weighted by molar-refractivity contribution is -0.134. The van der Waals surface area contributed by atoms with Gasteiger partial charge in [0.2, 0.25) is 0 Å². The van der Waals surface area contributed by atoms with Crippen LogP contribution in [-0.2, 0) is 14.3 Å². The van der Waals surface area contributed by atoms with Crippen LogP contribution in [-0.4, -0.2) is 68.4 Å². The van der Waals surface area contributed by atoms with E-state index in [1.807, 2.05) is 75.5 Å². The first-order chi connectivity index (χ1) is 21.0. The van der Waals surface area contributed by atoms with Gasteiger partial charge >= 0.3 is 0 Å². The molecule has 3 heterocycles. The molecule has 0 aromatic heterocycles. The molecule has 3 aromatic rings. The summed E-state index contributed by atoms with van der Waals surface area (Å²) in [5, 5.41) is 7.29. The van der Waals surface area contributed by atoms with Crippen molar-refractivity contribution in [1.82, 2.24) is 4.90 Å². The number of ketones is 1. The number of piperidine rings is 1. The Morgan fingerprint density at radius 3 is 2.12 bits per heavy atom. The lowest BCUT2D eigenvalue weighted by Gasteiger charge is -2.33. The van der Waals surface area contributed by atoms with Crippen LogP contribution >= 0.6 is 11.6 Å². The highest BCUT2D eigenvalue weighted by Crippen LogP contribution is 2.40. The molecule has 0 N–H and O–H groups in total. The zero-order valence-corrected chi connectivity index (χ0v) is 25.1. The van der Waals surface area contributed by atoms with Gasteiger partial charge in [-0.25, -0.2) is 5.01 Å². The Morgan fingerprint density at radius 1 is 0.837 bits per heavy atom. The summed E-state index contributed by atoms with van der Waals surface area (Å²) >= 11 is 6.20. The minimum atomic E-state index is -0.446. The second-order valence-corrected chi connectivity index (χ2v) is 11.4. The largest absolute Gasteiger partial charge is 0.484 e. The number of hydrogen-bond donors (Lipinski definition) is 0. The van der Waals surface area contributed by atoms with Crippen LogP contribution in [0, 0.1) is 0 Å². The smallest absolute Gasteiger partial charge is 0.260 e. The van der Waals surface area contributed by atoms with E-state index in [0.29, 0.717) is 29.8 Å². The average Bonchev–Trinajstić information content (AvgIpc) is 3.46. The first-order valence-corrected chi connectivity index (χ1v) is 15.2. The molecule has 1 amide bonds. The molecule has 9 nitrogen and oxygen atoms in total. The van der Waals surface area contributed by atoms with Gasteiger partial charge in [0.1, 0.15) is 5.75 Å². The molecule has 2 saturated heterocycles. The lowest BCUT2D eigenvalue weighted by atomic mass is 10.1. The fourth-order valence-corrected chi connectivity index (χ4v) is 5.90. The molecule has 3 aliphatic rings. The fraction of sp³-hybridized carbons (Fsp3) is 0.364. The van der Waals surface area contributed by atoms with Crippen molar-refractivity contribution < 1.29 is 19.1 Å². The molecular formula is C33H36ClN5O4. The van der Waals surface area contributed by atoms with E-state index in [4.69, 9.17) is 26.2 Å². The minimum Gasteiger partial charge on any atom is -0.484 e. The number of rotatable bonds is 8. The first-order valence-electron chi connectivity index (χ1n) is 14.8. The third-order valence-electron chi connectivity index (χ3n) is 8.07. The van der Waals surface area contributed by atoms with E-state index in [9.17, 15) is 9.59 Å². The Bertz CT molecular complexity index is 1450. The summed E-state index contributed by atoms with van der Waals surface area (Å²) in [7, 11) is 0. The molecular weight excluding hydrogens is 566 g/mol. The number of amides is 1. The van der Waals surface area contributed by atoms with Crippen molar-refractivity contribution >= 4 is 46.2 Å². The van der Waals surface area contributed by atoms with Gasteiger partial charge in [0, 0.05) is 49.5 Å². The predicted molar refractivity (Wildman–Crippen MR) is 169 cm³/mol. The number of hydrogen-bond acceptors (Lipinski definition) is 8. The van der Waals surface area contributed by atoms with Crippen LogP contribution in [0.3, 0.4) is 0 Å². The fourth-order valence-electron chi connectivity index (χ4n) is 5.78. The second-order valence-electron chi connectivity index (χ2n) is 11.0. The van der Waals surface area contributed by atoms with Crippen LogP contribution in [0.15, 0.2) is 77.9 Å². The maximum atomic E-state index is 13.0. The summed E-state index contributed by atoms with van der Waals surface area (Å²) in [6.07, 6.45) is 2.81. The van der Waals surface area contributed by atoms with Crippen LogP contribution < -0.4 is 19.5 Å². The van der Waals surface area contributed by atoms with E-state index in [0.717, 1.165) is 61.6 Å². The van der Waals surface area contributed by atoms with Crippen molar-refractivity contribution in [3.63, 3.8) is 0 Å². The van der Waals surface area contributed by atoms with E-state index in [2.05, 4.69) is 17.0 Å². The number of anilines is 3. The van der Waals surface area contributed by atoms with E-state index >= 15 is 0 Å². The molecule has 224 valence electrons. The van der Waals surface area contributed by atoms with Gasteiger partial charge in [-0.15, -0.1) is 5.10 Å². The van der Waals surface area contributed by atoms with Crippen molar-refractivity contribution in [3.05, 3.63) is 83.4 Å². The van der Waals surface area contributed by atoms with Gasteiger partial charge in [-0.3, -0.25) is 14.5 Å². The molecule has 1 atom stereocenters. The van der Waals surface area contributed by atoms with Crippen molar-refractivity contribution in [2.75, 3.05) is 60.8 Å². The third-order valence-corrected chi connectivity index (χ3v) is 8.32. The number of likely N-dealkylation sites (tertiary alicyclic amines) is 1. The average molecular weight is 602 g/mol. The lowest BCUT2D eigenvalue weighted by Crippen LogP contribution is -2.38. The first kappa shape index (κ1) is 29.0. The topological polar surface area (TPSA) is 77.9 Å². The number of halogens is 1. The highest BCUT2D eigenvalue weighted by atomic mass is 35.5.